The lowest BCUT2D eigenvalue weighted by atomic mass is 9.87. The lowest BCUT2D eigenvalue weighted by molar-refractivity contribution is 0.0421. The van der Waals surface area contributed by atoms with Crippen LogP contribution in [0.1, 0.15) is 25.7 Å². The van der Waals surface area contributed by atoms with Crippen LogP contribution in [0.5, 0.6) is 0 Å². The van der Waals surface area contributed by atoms with Gasteiger partial charge in [0.1, 0.15) is 0 Å². The maximum atomic E-state index is 9.46. The predicted molar refractivity (Wildman–Crippen MR) is 51.3 cm³/mol. The Kier molecular flexibility index (Phi) is 1.74. The highest BCUT2D eigenvalue weighted by Crippen LogP contribution is 2.39. The molecule has 0 aromatic heterocycles. The third-order valence-corrected chi connectivity index (χ3v) is 3.94. The highest BCUT2D eigenvalue weighted by molar-refractivity contribution is 5.13. The van der Waals surface area contributed by atoms with Gasteiger partial charge in [-0.2, -0.15) is 0 Å². The third kappa shape index (κ3) is 1.24. The van der Waals surface area contributed by atoms with Gasteiger partial charge in [-0.3, -0.25) is 0 Å². The summed E-state index contributed by atoms with van der Waals surface area (Å²) in [6, 6.07) is 1.06. The van der Waals surface area contributed by atoms with Gasteiger partial charge in [-0.25, -0.2) is 0 Å². The second-order valence-electron chi connectivity index (χ2n) is 4.80. The van der Waals surface area contributed by atoms with Gasteiger partial charge in [0.25, 0.3) is 0 Å². The van der Waals surface area contributed by atoms with E-state index in [1.807, 2.05) is 0 Å². The molecule has 1 unspecified atom stereocenters. The molecule has 0 radical (unpaired) electrons. The zero-order chi connectivity index (χ0) is 8.84. The zero-order valence-electron chi connectivity index (χ0n) is 7.82. The fourth-order valence-corrected chi connectivity index (χ4v) is 2.92. The van der Waals surface area contributed by atoms with E-state index in [0.29, 0.717) is 12.1 Å². The molecule has 0 aromatic carbocycles. The van der Waals surface area contributed by atoms with Gasteiger partial charge in [0.05, 0.1) is 6.10 Å². The zero-order valence-corrected chi connectivity index (χ0v) is 7.82. The Morgan fingerprint density at radius 2 is 2.00 bits per heavy atom. The van der Waals surface area contributed by atoms with Crippen LogP contribution in [0.3, 0.4) is 0 Å². The van der Waals surface area contributed by atoms with Gasteiger partial charge in [0.15, 0.2) is 0 Å². The molecule has 0 saturated heterocycles. The standard InChI is InChI=1S/C11H17NO/c13-11-4-3-9(11)12-10-6-7-1-2-8(10)5-7/h1-2,7-13H,3-6H2/t7-,8+,9-,10?,11-/m1/s1. The van der Waals surface area contributed by atoms with Crippen LogP contribution in [-0.2, 0) is 0 Å². The van der Waals surface area contributed by atoms with E-state index < -0.39 is 0 Å². The summed E-state index contributed by atoms with van der Waals surface area (Å²) in [5.74, 6) is 1.59. The second-order valence-corrected chi connectivity index (χ2v) is 4.80. The molecule has 72 valence electrons. The van der Waals surface area contributed by atoms with Crippen molar-refractivity contribution in [3.8, 4) is 0 Å². The van der Waals surface area contributed by atoms with Gasteiger partial charge >= 0.3 is 0 Å². The fraction of sp³-hybridized carbons (Fsp3) is 0.818. The molecular formula is C11H17NO. The normalized spacial score (nSPS) is 52.5. The minimum absolute atomic E-state index is 0.0666. The Balaban J connectivity index is 1.59. The van der Waals surface area contributed by atoms with Gasteiger partial charge in [-0.05, 0) is 37.5 Å². The van der Waals surface area contributed by atoms with E-state index in [4.69, 9.17) is 0 Å². The van der Waals surface area contributed by atoms with Crippen LogP contribution in [0, 0.1) is 11.8 Å². The number of fused-ring (bicyclic) bond motifs is 2. The Labute approximate surface area is 79.0 Å². The van der Waals surface area contributed by atoms with Crippen molar-refractivity contribution in [3.63, 3.8) is 0 Å². The number of allylic oxidation sites excluding steroid dienone is 1. The number of aliphatic hydroxyl groups is 1. The highest BCUT2D eigenvalue weighted by atomic mass is 16.3. The van der Waals surface area contributed by atoms with Crippen molar-refractivity contribution in [1.29, 1.82) is 0 Å². The molecule has 2 N–H and O–H groups in total. The summed E-state index contributed by atoms with van der Waals surface area (Å²) in [5, 5.41) is 13.1. The van der Waals surface area contributed by atoms with Gasteiger partial charge in [0, 0.05) is 12.1 Å². The summed E-state index contributed by atoms with van der Waals surface area (Å²) in [5.41, 5.74) is 0. The molecule has 0 aliphatic heterocycles. The number of hydrogen-bond donors (Lipinski definition) is 2. The van der Waals surface area contributed by atoms with Crippen molar-refractivity contribution in [3.05, 3.63) is 12.2 Å². The average molecular weight is 179 g/mol. The summed E-state index contributed by atoms with van der Waals surface area (Å²) in [6.07, 6.45) is 9.46. The van der Waals surface area contributed by atoms with Crippen molar-refractivity contribution in [2.75, 3.05) is 0 Å². The molecule has 2 saturated carbocycles. The van der Waals surface area contributed by atoms with E-state index in [1.54, 1.807) is 0 Å². The highest BCUT2D eigenvalue weighted by Gasteiger charge is 2.39. The Morgan fingerprint density at radius 1 is 1.08 bits per heavy atom. The molecule has 0 amide bonds. The van der Waals surface area contributed by atoms with Crippen molar-refractivity contribution in [2.24, 2.45) is 11.8 Å². The number of hydrogen-bond acceptors (Lipinski definition) is 2. The van der Waals surface area contributed by atoms with Gasteiger partial charge in [-0.15, -0.1) is 0 Å². The summed E-state index contributed by atoms with van der Waals surface area (Å²) in [6.45, 7) is 0. The lowest BCUT2D eigenvalue weighted by Crippen LogP contribution is -2.52. The molecule has 3 aliphatic carbocycles. The van der Waals surface area contributed by atoms with Crippen molar-refractivity contribution < 1.29 is 5.11 Å². The van der Waals surface area contributed by atoms with Crippen LogP contribution in [0.25, 0.3) is 0 Å². The summed E-state index contributed by atoms with van der Waals surface area (Å²) in [7, 11) is 0. The molecule has 2 heteroatoms. The summed E-state index contributed by atoms with van der Waals surface area (Å²) in [4.78, 5) is 0. The number of nitrogens with one attached hydrogen (secondary N) is 1. The molecule has 3 rings (SSSR count). The van der Waals surface area contributed by atoms with E-state index in [9.17, 15) is 5.11 Å². The maximum Gasteiger partial charge on any atom is 0.0693 e. The first kappa shape index (κ1) is 8.01. The smallest absolute Gasteiger partial charge is 0.0693 e. The molecule has 13 heavy (non-hydrogen) atoms. The Hall–Kier alpha value is -0.340. The first-order chi connectivity index (χ1) is 6.33. The fourth-order valence-electron chi connectivity index (χ4n) is 2.92. The van der Waals surface area contributed by atoms with Crippen molar-refractivity contribution in [2.45, 2.75) is 43.9 Å². The van der Waals surface area contributed by atoms with Crippen molar-refractivity contribution >= 4 is 0 Å². The van der Waals surface area contributed by atoms with E-state index >= 15 is 0 Å². The van der Waals surface area contributed by atoms with Crippen LogP contribution >= 0.6 is 0 Å². The van der Waals surface area contributed by atoms with E-state index in [1.165, 1.54) is 19.3 Å². The topological polar surface area (TPSA) is 32.3 Å². The summed E-state index contributed by atoms with van der Waals surface area (Å²) < 4.78 is 0. The first-order valence-corrected chi connectivity index (χ1v) is 5.45. The molecule has 3 aliphatic rings. The van der Waals surface area contributed by atoms with Crippen LogP contribution in [0.4, 0.5) is 0 Å². The maximum absolute atomic E-state index is 9.46. The quantitative estimate of drug-likeness (QED) is 0.621. The minimum atomic E-state index is -0.0666. The molecule has 2 bridgehead atoms. The van der Waals surface area contributed by atoms with Crippen LogP contribution in [0.15, 0.2) is 12.2 Å². The van der Waals surface area contributed by atoms with E-state index in [-0.39, 0.29) is 6.10 Å². The van der Waals surface area contributed by atoms with Gasteiger partial charge in [-0.1, -0.05) is 12.2 Å². The van der Waals surface area contributed by atoms with E-state index in [2.05, 4.69) is 17.5 Å². The molecule has 0 aromatic rings. The molecule has 0 heterocycles. The number of aliphatic hydroxyl groups excluding tert-OH is 1. The average Bonchev–Trinajstić information content (AvgIpc) is 2.72. The third-order valence-electron chi connectivity index (χ3n) is 3.94. The Morgan fingerprint density at radius 3 is 2.46 bits per heavy atom. The van der Waals surface area contributed by atoms with E-state index in [0.717, 1.165) is 18.3 Å². The van der Waals surface area contributed by atoms with Gasteiger partial charge < -0.3 is 10.4 Å². The lowest BCUT2D eigenvalue weighted by Gasteiger charge is -2.37. The Bertz CT molecular complexity index is 238. The molecule has 5 atom stereocenters. The SMILES string of the molecule is O[C@@H]1CC[C@H]1NC1C[C@@H]2C=C[C@H]1C2. The molecule has 2 fully saturated rings. The predicted octanol–water partition coefficient (Wildman–Crippen LogP) is 1.06. The van der Waals surface area contributed by atoms with Crippen LogP contribution in [-0.4, -0.2) is 23.3 Å². The van der Waals surface area contributed by atoms with Gasteiger partial charge in [0.2, 0.25) is 0 Å². The largest absolute Gasteiger partial charge is 0.392 e. The monoisotopic (exact) mass is 179 g/mol. The second kappa shape index (κ2) is 2.82. The molecule has 0 spiro atoms. The van der Waals surface area contributed by atoms with Crippen LogP contribution in [0.2, 0.25) is 0 Å². The molecular weight excluding hydrogens is 162 g/mol. The van der Waals surface area contributed by atoms with Crippen LogP contribution < -0.4 is 5.32 Å². The van der Waals surface area contributed by atoms with Crippen molar-refractivity contribution in [1.82, 2.24) is 5.32 Å². The first-order valence-electron chi connectivity index (χ1n) is 5.45. The minimum Gasteiger partial charge on any atom is -0.392 e. The number of rotatable bonds is 2. The summed E-state index contributed by atoms with van der Waals surface area (Å²) >= 11 is 0. The molecule has 2 nitrogen and oxygen atoms in total.